The van der Waals surface area contributed by atoms with Gasteiger partial charge in [-0.25, -0.2) is 4.79 Å². The van der Waals surface area contributed by atoms with Gasteiger partial charge in [-0.15, -0.1) is 0 Å². The van der Waals surface area contributed by atoms with Crippen LogP contribution in [0.4, 0.5) is 0 Å². The monoisotopic (exact) mass is 296 g/mol. The van der Waals surface area contributed by atoms with E-state index in [0.29, 0.717) is 18.0 Å². The Morgan fingerprint density at radius 3 is 2.50 bits per heavy atom. The lowest BCUT2D eigenvalue weighted by Crippen LogP contribution is -2.22. The minimum atomic E-state index is -0.310. The zero-order valence-corrected chi connectivity index (χ0v) is 12.4. The van der Waals surface area contributed by atoms with Crippen LogP contribution in [0.3, 0.4) is 0 Å². The Bertz CT molecular complexity index is 837. The summed E-state index contributed by atoms with van der Waals surface area (Å²) < 4.78 is 8.36. The molecule has 6 heteroatoms. The first-order valence-electron chi connectivity index (χ1n) is 6.92. The average molecular weight is 296 g/mol. The van der Waals surface area contributed by atoms with Crippen molar-refractivity contribution in [2.75, 3.05) is 0 Å². The maximum absolute atomic E-state index is 12.1. The van der Waals surface area contributed by atoms with Gasteiger partial charge in [0.25, 0.3) is 0 Å². The highest BCUT2D eigenvalue weighted by atomic mass is 16.5. The molecule has 0 spiro atoms. The Hall–Kier alpha value is -2.89. The van der Waals surface area contributed by atoms with Crippen molar-refractivity contribution < 1.29 is 4.74 Å². The number of tetrazole rings is 1. The highest BCUT2D eigenvalue weighted by Gasteiger charge is 2.14. The van der Waals surface area contributed by atoms with Crippen molar-refractivity contribution in [2.24, 2.45) is 7.05 Å². The number of hydrogen-bond acceptors (Lipinski definition) is 4. The molecule has 0 atom stereocenters. The van der Waals surface area contributed by atoms with Crippen LogP contribution in [0.2, 0.25) is 0 Å². The van der Waals surface area contributed by atoms with Crippen LogP contribution < -0.4 is 10.4 Å². The number of aryl methyl sites for hydroxylation is 2. The Balaban J connectivity index is 1.97. The first-order valence-corrected chi connectivity index (χ1v) is 6.92. The highest BCUT2D eigenvalue weighted by molar-refractivity contribution is 5.50. The second-order valence-electron chi connectivity index (χ2n) is 4.99. The fourth-order valence-corrected chi connectivity index (χ4v) is 2.19. The van der Waals surface area contributed by atoms with Crippen LogP contribution in [-0.4, -0.2) is 19.8 Å². The van der Waals surface area contributed by atoms with Crippen molar-refractivity contribution in [3.63, 3.8) is 0 Å². The molecule has 0 aliphatic carbocycles. The van der Waals surface area contributed by atoms with Crippen molar-refractivity contribution in [3.05, 3.63) is 70.1 Å². The van der Waals surface area contributed by atoms with Gasteiger partial charge in [0.1, 0.15) is 18.0 Å². The minimum absolute atomic E-state index is 0.310. The van der Waals surface area contributed by atoms with E-state index >= 15 is 0 Å². The van der Waals surface area contributed by atoms with E-state index < -0.39 is 0 Å². The van der Waals surface area contributed by atoms with E-state index in [1.54, 1.807) is 13.1 Å². The maximum atomic E-state index is 12.1. The van der Waals surface area contributed by atoms with Gasteiger partial charge in [-0.1, -0.05) is 42.5 Å². The van der Waals surface area contributed by atoms with E-state index in [1.165, 1.54) is 9.36 Å². The second kappa shape index (κ2) is 5.85. The predicted molar refractivity (Wildman–Crippen MR) is 82.1 cm³/mol. The van der Waals surface area contributed by atoms with Gasteiger partial charge in [0.15, 0.2) is 0 Å². The van der Waals surface area contributed by atoms with E-state index in [9.17, 15) is 4.79 Å². The minimum Gasteiger partial charge on any atom is -0.486 e. The third kappa shape index (κ3) is 2.63. The number of nitrogens with zero attached hydrogens (tertiary/aromatic N) is 4. The lowest BCUT2D eigenvalue weighted by Gasteiger charge is -2.13. The Kier molecular flexibility index (Phi) is 3.74. The molecule has 1 aromatic heterocycles. The smallest absolute Gasteiger partial charge is 0.368 e. The molecule has 112 valence electrons. The lowest BCUT2D eigenvalue weighted by atomic mass is 10.2. The van der Waals surface area contributed by atoms with E-state index in [0.717, 1.165) is 11.1 Å². The maximum Gasteiger partial charge on any atom is 0.368 e. The molecule has 0 unspecified atom stereocenters. The number of aromatic nitrogens is 4. The Morgan fingerprint density at radius 2 is 1.82 bits per heavy atom. The molecule has 0 amide bonds. The van der Waals surface area contributed by atoms with Crippen LogP contribution in [0.15, 0.2) is 53.3 Å². The highest BCUT2D eigenvalue weighted by Crippen LogP contribution is 2.26. The Morgan fingerprint density at radius 1 is 1.05 bits per heavy atom. The molecule has 6 nitrogen and oxygen atoms in total. The molecule has 2 aromatic carbocycles. The third-order valence-electron chi connectivity index (χ3n) is 3.37. The number of ether oxygens (including phenoxy) is 1. The summed E-state index contributed by atoms with van der Waals surface area (Å²) in [4.78, 5) is 12.1. The largest absolute Gasteiger partial charge is 0.486 e. The number of benzene rings is 2. The van der Waals surface area contributed by atoms with Crippen LogP contribution in [0.25, 0.3) is 5.69 Å². The molecule has 0 radical (unpaired) electrons. The number of hydrogen-bond donors (Lipinski definition) is 0. The summed E-state index contributed by atoms with van der Waals surface area (Å²) in [6.45, 7) is 2.36. The van der Waals surface area contributed by atoms with Crippen LogP contribution in [0, 0.1) is 6.92 Å². The fraction of sp³-hybridized carbons (Fsp3) is 0.188. The van der Waals surface area contributed by atoms with E-state index in [1.807, 2.05) is 49.4 Å². The zero-order chi connectivity index (χ0) is 15.5. The standard InChI is InChI=1S/C16H16N4O2/c1-12-7-6-10-14(20-16(21)19(2)17-18-20)15(12)22-11-13-8-4-3-5-9-13/h3-10H,11H2,1-2H3. The molecule has 1 heterocycles. The van der Waals surface area contributed by atoms with Gasteiger partial charge in [0, 0.05) is 7.05 Å². The molecule has 0 saturated carbocycles. The van der Waals surface area contributed by atoms with Crippen LogP contribution >= 0.6 is 0 Å². The van der Waals surface area contributed by atoms with Gasteiger partial charge in [0.2, 0.25) is 0 Å². The van der Waals surface area contributed by atoms with E-state index in [-0.39, 0.29) is 5.69 Å². The van der Waals surface area contributed by atoms with Crippen molar-refractivity contribution in [1.82, 2.24) is 19.8 Å². The molecule has 0 fully saturated rings. The molecule has 0 bridgehead atoms. The summed E-state index contributed by atoms with van der Waals surface area (Å²) >= 11 is 0. The summed E-state index contributed by atoms with van der Waals surface area (Å²) in [7, 11) is 1.56. The molecule has 0 aliphatic rings. The van der Waals surface area contributed by atoms with Crippen LogP contribution in [0.5, 0.6) is 5.75 Å². The van der Waals surface area contributed by atoms with Gasteiger partial charge in [-0.05, 0) is 34.5 Å². The van der Waals surface area contributed by atoms with Gasteiger partial charge in [-0.2, -0.15) is 9.36 Å². The first kappa shape index (κ1) is 14.1. The first-order chi connectivity index (χ1) is 10.7. The average Bonchev–Trinajstić information content (AvgIpc) is 2.86. The molecule has 3 aromatic rings. The van der Waals surface area contributed by atoms with E-state index in [4.69, 9.17) is 4.74 Å². The molecule has 0 aliphatic heterocycles. The van der Waals surface area contributed by atoms with Crippen LogP contribution in [-0.2, 0) is 13.7 Å². The SMILES string of the molecule is Cc1cccc(-n2nnn(C)c2=O)c1OCc1ccccc1. The fourth-order valence-electron chi connectivity index (χ4n) is 2.19. The van der Waals surface area contributed by atoms with Gasteiger partial charge < -0.3 is 4.74 Å². The molecule has 0 N–H and O–H groups in total. The molecule has 3 rings (SSSR count). The second-order valence-corrected chi connectivity index (χ2v) is 4.99. The summed E-state index contributed by atoms with van der Waals surface area (Å²) in [6.07, 6.45) is 0. The lowest BCUT2D eigenvalue weighted by molar-refractivity contribution is 0.302. The van der Waals surface area contributed by atoms with Gasteiger partial charge in [0.05, 0.1) is 0 Å². The molecular formula is C16H16N4O2. The van der Waals surface area contributed by atoms with Crippen molar-refractivity contribution >= 4 is 0 Å². The number of rotatable bonds is 4. The van der Waals surface area contributed by atoms with Crippen molar-refractivity contribution in [1.29, 1.82) is 0 Å². The summed E-state index contributed by atoms with van der Waals surface area (Å²) in [5.74, 6) is 0.633. The van der Waals surface area contributed by atoms with Crippen molar-refractivity contribution in [2.45, 2.75) is 13.5 Å². The van der Waals surface area contributed by atoms with Gasteiger partial charge in [-0.3, -0.25) is 0 Å². The number of para-hydroxylation sites is 1. The quantitative estimate of drug-likeness (QED) is 0.737. The predicted octanol–water partition coefficient (Wildman–Crippen LogP) is 1.85. The zero-order valence-electron chi connectivity index (χ0n) is 12.4. The molecular weight excluding hydrogens is 280 g/mol. The molecule has 0 saturated heterocycles. The van der Waals surface area contributed by atoms with Crippen molar-refractivity contribution in [3.8, 4) is 11.4 Å². The normalized spacial score (nSPS) is 10.6. The molecule has 22 heavy (non-hydrogen) atoms. The van der Waals surface area contributed by atoms with E-state index in [2.05, 4.69) is 10.4 Å². The topological polar surface area (TPSA) is 61.9 Å². The van der Waals surface area contributed by atoms with Gasteiger partial charge >= 0.3 is 5.69 Å². The summed E-state index contributed by atoms with van der Waals surface area (Å²) in [6, 6.07) is 15.5. The van der Waals surface area contributed by atoms with Crippen LogP contribution in [0.1, 0.15) is 11.1 Å². The third-order valence-corrected chi connectivity index (χ3v) is 3.37. The summed E-state index contributed by atoms with van der Waals surface area (Å²) in [5.41, 5.74) is 2.28. The Labute approximate surface area is 127 Å². The summed E-state index contributed by atoms with van der Waals surface area (Å²) in [5, 5.41) is 7.62.